The van der Waals surface area contributed by atoms with Crippen LogP contribution in [0.3, 0.4) is 0 Å². The highest BCUT2D eigenvalue weighted by molar-refractivity contribution is 8.00. The van der Waals surface area contributed by atoms with Crippen molar-refractivity contribution in [1.82, 2.24) is 20.1 Å². The quantitative estimate of drug-likeness (QED) is 0.612. The molecule has 1 unspecified atom stereocenters. The Hall–Kier alpha value is -2.19. The molecule has 5 nitrogen and oxygen atoms in total. The fourth-order valence-electron chi connectivity index (χ4n) is 2.69. The second-order valence-corrected chi connectivity index (χ2v) is 8.65. The van der Waals surface area contributed by atoms with Crippen molar-refractivity contribution < 1.29 is 9.18 Å². The van der Waals surface area contributed by atoms with Crippen LogP contribution in [0.25, 0.3) is 0 Å². The van der Waals surface area contributed by atoms with Gasteiger partial charge >= 0.3 is 0 Å². The summed E-state index contributed by atoms with van der Waals surface area (Å²) in [7, 11) is 1.91. The first-order valence-electron chi connectivity index (χ1n) is 8.73. The third-order valence-electron chi connectivity index (χ3n) is 4.40. The van der Waals surface area contributed by atoms with Gasteiger partial charge in [0.1, 0.15) is 16.9 Å². The number of benzene rings is 1. The number of carbonyl (C=O) groups excluding carboxylic acids is 1. The zero-order valence-corrected chi connectivity index (χ0v) is 16.4. The lowest BCUT2D eigenvalue weighted by Gasteiger charge is -2.16. The van der Waals surface area contributed by atoms with Crippen molar-refractivity contribution in [3.8, 4) is 0 Å². The van der Waals surface area contributed by atoms with Gasteiger partial charge in [-0.25, -0.2) is 4.39 Å². The molecule has 1 fully saturated rings. The first-order chi connectivity index (χ1) is 13.1. The number of nitrogens with one attached hydrogen (secondary N) is 1. The number of hydrogen-bond acceptors (Lipinski definition) is 5. The van der Waals surface area contributed by atoms with E-state index in [-0.39, 0.29) is 17.8 Å². The van der Waals surface area contributed by atoms with E-state index in [1.54, 1.807) is 23.5 Å². The van der Waals surface area contributed by atoms with Crippen LogP contribution >= 0.6 is 23.1 Å². The molecule has 1 aliphatic carbocycles. The molecule has 8 heteroatoms. The van der Waals surface area contributed by atoms with Crippen LogP contribution in [0, 0.1) is 5.82 Å². The summed E-state index contributed by atoms with van der Waals surface area (Å²) in [5.74, 6) is 0.458. The van der Waals surface area contributed by atoms with Gasteiger partial charge in [0.15, 0.2) is 5.16 Å². The van der Waals surface area contributed by atoms with Crippen molar-refractivity contribution in [3.05, 3.63) is 63.9 Å². The summed E-state index contributed by atoms with van der Waals surface area (Å²) >= 11 is 3.02. The first-order valence-corrected chi connectivity index (χ1v) is 10.5. The molecule has 27 heavy (non-hydrogen) atoms. The van der Waals surface area contributed by atoms with Crippen molar-refractivity contribution in [2.45, 2.75) is 35.7 Å². The smallest absolute Gasteiger partial charge is 0.238 e. The molecule has 4 rings (SSSR count). The molecule has 1 aromatic carbocycles. The fraction of sp³-hybridized carbons (Fsp3) is 0.316. The lowest BCUT2D eigenvalue weighted by Crippen LogP contribution is -2.30. The average Bonchev–Trinajstić information content (AvgIpc) is 3.20. The summed E-state index contributed by atoms with van der Waals surface area (Å²) in [5, 5.41) is 13.8. The maximum atomic E-state index is 13.3. The maximum Gasteiger partial charge on any atom is 0.238 e. The van der Waals surface area contributed by atoms with Crippen molar-refractivity contribution in [1.29, 1.82) is 0 Å². The van der Waals surface area contributed by atoms with Gasteiger partial charge in [-0.15, -0.1) is 21.5 Å². The van der Waals surface area contributed by atoms with E-state index >= 15 is 0 Å². The Morgan fingerprint density at radius 3 is 2.78 bits per heavy atom. The summed E-state index contributed by atoms with van der Waals surface area (Å²) in [4.78, 5) is 14.0. The monoisotopic (exact) mass is 402 g/mol. The normalized spacial score (nSPS) is 14.9. The molecule has 1 amide bonds. The Kier molecular flexibility index (Phi) is 5.27. The van der Waals surface area contributed by atoms with Crippen LogP contribution < -0.4 is 5.32 Å². The van der Waals surface area contributed by atoms with Crippen molar-refractivity contribution in [2.24, 2.45) is 7.05 Å². The van der Waals surface area contributed by atoms with Gasteiger partial charge in [0.05, 0.1) is 0 Å². The van der Waals surface area contributed by atoms with E-state index in [4.69, 9.17) is 0 Å². The van der Waals surface area contributed by atoms with E-state index in [0.717, 1.165) is 24.2 Å². The number of halogens is 1. The predicted molar refractivity (Wildman–Crippen MR) is 104 cm³/mol. The lowest BCUT2D eigenvalue weighted by atomic mass is 10.1. The second kappa shape index (κ2) is 7.82. The first kappa shape index (κ1) is 18.2. The van der Waals surface area contributed by atoms with Crippen LogP contribution in [0.5, 0.6) is 0 Å². The van der Waals surface area contributed by atoms with Crippen LogP contribution in [0.4, 0.5) is 4.39 Å². The minimum atomic E-state index is -0.497. The standard InChI is InChI=1S/C19H19FN4OS2/c1-24-16(11-15-3-2-10-26-15)22-23-19(24)27-17(18(25)21-14-8-9-14)12-4-6-13(20)7-5-12/h2-7,10,14,17H,8-9,11H2,1H3,(H,21,25). The molecule has 0 radical (unpaired) electrons. The van der Waals surface area contributed by atoms with Gasteiger partial charge in [-0.3, -0.25) is 4.79 Å². The molecular formula is C19H19FN4OS2. The van der Waals surface area contributed by atoms with E-state index in [2.05, 4.69) is 21.6 Å². The summed E-state index contributed by atoms with van der Waals surface area (Å²) in [6.07, 6.45) is 2.74. The highest BCUT2D eigenvalue weighted by Crippen LogP contribution is 2.36. The average molecular weight is 403 g/mol. The third kappa shape index (κ3) is 4.39. The van der Waals surface area contributed by atoms with E-state index < -0.39 is 5.25 Å². The Morgan fingerprint density at radius 2 is 2.11 bits per heavy atom. The van der Waals surface area contributed by atoms with Gasteiger partial charge < -0.3 is 9.88 Å². The molecule has 2 heterocycles. The summed E-state index contributed by atoms with van der Waals surface area (Å²) in [6.45, 7) is 0. The van der Waals surface area contributed by atoms with Crippen molar-refractivity contribution >= 4 is 29.0 Å². The molecule has 1 saturated carbocycles. The number of amides is 1. The van der Waals surface area contributed by atoms with E-state index in [1.807, 2.05) is 23.1 Å². The minimum Gasteiger partial charge on any atom is -0.352 e. The Morgan fingerprint density at radius 1 is 1.33 bits per heavy atom. The molecule has 0 bridgehead atoms. The minimum absolute atomic E-state index is 0.0723. The molecule has 1 N–H and O–H groups in total. The van der Waals surface area contributed by atoms with Gasteiger partial charge in [0, 0.05) is 24.4 Å². The molecule has 1 atom stereocenters. The summed E-state index contributed by atoms with van der Waals surface area (Å²) < 4.78 is 15.2. The van der Waals surface area contributed by atoms with Crippen LogP contribution in [-0.2, 0) is 18.3 Å². The molecule has 0 spiro atoms. The molecule has 2 aromatic heterocycles. The maximum absolute atomic E-state index is 13.3. The number of thiophene rings is 1. The Labute approximate surface area is 165 Å². The SMILES string of the molecule is Cn1c(Cc2cccs2)nnc1SC(C(=O)NC1CC1)c1ccc(F)cc1. The predicted octanol–water partition coefficient (Wildman–Crippen LogP) is 3.72. The fourth-order valence-corrected chi connectivity index (χ4v) is 4.42. The van der Waals surface area contributed by atoms with Gasteiger partial charge in [-0.05, 0) is 42.0 Å². The number of carbonyl (C=O) groups is 1. The Bertz CT molecular complexity index is 920. The third-order valence-corrected chi connectivity index (χ3v) is 6.56. The highest BCUT2D eigenvalue weighted by atomic mass is 32.2. The topological polar surface area (TPSA) is 59.8 Å². The van der Waals surface area contributed by atoms with E-state index in [9.17, 15) is 9.18 Å². The number of aromatic nitrogens is 3. The van der Waals surface area contributed by atoms with Gasteiger partial charge in [0.25, 0.3) is 0 Å². The zero-order chi connectivity index (χ0) is 18.8. The second-order valence-electron chi connectivity index (χ2n) is 6.55. The summed E-state index contributed by atoms with van der Waals surface area (Å²) in [5.41, 5.74) is 0.752. The molecule has 0 saturated heterocycles. The zero-order valence-electron chi connectivity index (χ0n) is 14.8. The van der Waals surface area contributed by atoms with Crippen LogP contribution in [0.1, 0.15) is 34.4 Å². The molecule has 3 aromatic rings. The van der Waals surface area contributed by atoms with Gasteiger partial charge in [0.2, 0.25) is 5.91 Å². The van der Waals surface area contributed by atoms with Crippen LogP contribution in [-0.4, -0.2) is 26.7 Å². The van der Waals surface area contributed by atoms with Gasteiger partial charge in [-0.2, -0.15) is 0 Å². The highest BCUT2D eigenvalue weighted by Gasteiger charge is 2.30. The van der Waals surface area contributed by atoms with Crippen molar-refractivity contribution in [2.75, 3.05) is 0 Å². The van der Waals surface area contributed by atoms with Gasteiger partial charge in [-0.1, -0.05) is 30.0 Å². The van der Waals surface area contributed by atoms with E-state index in [0.29, 0.717) is 11.6 Å². The summed E-state index contributed by atoms with van der Waals surface area (Å²) in [6, 6.07) is 10.4. The molecule has 140 valence electrons. The van der Waals surface area contributed by atoms with Crippen LogP contribution in [0.15, 0.2) is 46.9 Å². The number of rotatable bonds is 7. The number of nitrogens with zero attached hydrogens (tertiary/aromatic N) is 3. The number of hydrogen-bond donors (Lipinski definition) is 1. The molecule has 0 aliphatic heterocycles. The molecule has 1 aliphatic rings. The van der Waals surface area contributed by atoms with E-state index in [1.165, 1.54) is 28.8 Å². The largest absolute Gasteiger partial charge is 0.352 e. The van der Waals surface area contributed by atoms with Crippen molar-refractivity contribution in [3.63, 3.8) is 0 Å². The van der Waals surface area contributed by atoms with Crippen LogP contribution in [0.2, 0.25) is 0 Å². The number of thioether (sulfide) groups is 1. The lowest BCUT2D eigenvalue weighted by molar-refractivity contribution is -0.120. The Balaban J connectivity index is 1.56. The molecular weight excluding hydrogens is 383 g/mol.